The third-order valence-electron chi connectivity index (χ3n) is 4.39. The average molecular weight is 306 g/mol. The van der Waals surface area contributed by atoms with E-state index >= 15 is 0 Å². The van der Waals surface area contributed by atoms with Crippen LogP contribution in [0.3, 0.4) is 0 Å². The van der Waals surface area contributed by atoms with Crippen molar-refractivity contribution in [1.82, 2.24) is 4.90 Å². The fraction of sp³-hybridized carbons (Fsp3) is 0.611. The van der Waals surface area contributed by atoms with E-state index in [4.69, 9.17) is 0 Å². The summed E-state index contributed by atoms with van der Waals surface area (Å²) in [6.07, 6.45) is 1.39. The van der Waals surface area contributed by atoms with Gasteiger partial charge in [0.2, 0.25) is 5.91 Å². The Bertz CT molecular complexity index is 476. The van der Waals surface area contributed by atoms with Gasteiger partial charge in [0.15, 0.2) is 0 Å². The van der Waals surface area contributed by atoms with Gasteiger partial charge >= 0.3 is 0 Å². The molecule has 0 bridgehead atoms. The lowest BCUT2D eigenvalue weighted by molar-refractivity contribution is -0.118. The Kier molecular flexibility index (Phi) is 7.04. The molecule has 0 aliphatic rings. The van der Waals surface area contributed by atoms with Crippen molar-refractivity contribution in [1.29, 1.82) is 0 Å². The third kappa shape index (κ3) is 5.11. The van der Waals surface area contributed by atoms with Crippen LogP contribution in [-0.2, 0) is 4.79 Å². The number of anilines is 1. The van der Waals surface area contributed by atoms with Crippen LogP contribution in [0.4, 0.5) is 5.69 Å². The molecule has 0 spiro atoms. The number of aliphatic hydroxyl groups is 1. The van der Waals surface area contributed by atoms with Crippen molar-refractivity contribution in [3.8, 4) is 0 Å². The summed E-state index contributed by atoms with van der Waals surface area (Å²) >= 11 is 0. The maximum absolute atomic E-state index is 12.3. The summed E-state index contributed by atoms with van der Waals surface area (Å²) in [7, 11) is 0. The SMILES string of the molecule is CCN(CC(=O)Nc1c(C)cccc1C)CC(O)(CC)CC. The van der Waals surface area contributed by atoms with E-state index in [9.17, 15) is 9.90 Å². The van der Waals surface area contributed by atoms with E-state index in [0.29, 0.717) is 25.9 Å². The third-order valence-corrected chi connectivity index (χ3v) is 4.39. The van der Waals surface area contributed by atoms with E-state index in [1.165, 1.54) is 0 Å². The predicted molar refractivity (Wildman–Crippen MR) is 92.2 cm³/mol. The molecule has 1 aromatic rings. The lowest BCUT2D eigenvalue weighted by atomic mass is 9.97. The number of carbonyl (C=O) groups is 1. The minimum atomic E-state index is -0.713. The molecule has 4 heteroatoms. The molecule has 4 nitrogen and oxygen atoms in total. The van der Waals surface area contributed by atoms with E-state index in [2.05, 4.69) is 5.32 Å². The quantitative estimate of drug-likeness (QED) is 0.776. The van der Waals surface area contributed by atoms with E-state index in [1.54, 1.807) is 0 Å². The number of benzene rings is 1. The number of para-hydroxylation sites is 1. The highest BCUT2D eigenvalue weighted by atomic mass is 16.3. The largest absolute Gasteiger partial charge is 0.389 e. The molecule has 0 aliphatic heterocycles. The number of likely N-dealkylation sites (N-methyl/N-ethyl adjacent to an activating group) is 1. The Morgan fingerprint density at radius 1 is 1.18 bits per heavy atom. The first-order valence-corrected chi connectivity index (χ1v) is 8.16. The van der Waals surface area contributed by atoms with Crippen molar-refractivity contribution in [2.24, 2.45) is 0 Å². The Labute approximate surface area is 134 Å². The van der Waals surface area contributed by atoms with Crippen molar-refractivity contribution in [3.63, 3.8) is 0 Å². The molecule has 0 radical (unpaired) electrons. The predicted octanol–water partition coefficient (Wildman–Crippen LogP) is 3.11. The first-order chi connectivity index (χ1) is 10.3. The van der Waals surface area contributed by atoms with Crippen molar-refractivity contribution in [3.05, 3.63) is 29.3 Å². The molecule has 22 heavy (non-hydrogen) atoms. The molecule has 0 aromatic heterocycles. The van der Waals surface area contributed by atoms with Crippen molar-refractivity contribution < 1.29 is 9.90 Å². The molecule has 0 saturated heterocycles. The zero-order valence-corrected chi connectivity index (χ0v) is 14.6. The summed E-state index contributed by atoms with van der Waals surface area (Å²) in [5.74, 6) is -0.0335. The van der Waals surface area contributed by atoms with Gasteiger partial charge in [-0.05, 0) is 44.4 Å². The van der Waals surface area contributed by atoms with Crippen LogP contribution in [0.1, 0.15) is 44.7 Å². The summed E-state index contributed by atoms with van der Waals surface area (Å²) in [5, 5.41) is 13.5. The molecule has 0 fully saturated rings. The summed E-state index contributed by atoms with van der Waals surface area (Å²) in [6.45, 7) is 11.5. The van der Waals surface area contributed by atoms with Gasteiger partial charge in [0.05, 0.1) is 12.1 Å². The van der Waals surface area contributed by atoms with Gasteiger partial charge in [0.25, 0.3) is 0 Å². The van der Waals surface area contributed by atoms with Crippen molar-refractivity contribution >= 4 is 11.6 Å². The van der Waals surface area contributed by atoms with E-state index in [1.807, 2.05) is 57.7 Å². The van der Waals surface area contributed by atoms with Gasteiger partial charge in [-0.1, -0.05) is 39.0 Å². The van der Waals surface area contributed by atoms with Crippen LogP contribution in [0.2, 0.25) is 0 Å². The van der Waals surface area contributed by atoms with Gasteiger partial charge in [-0.15, -0.1) is 0 Å². The number of nitrogens with zero attached hydrogens (tertiary/aromatic N) is 1. The second-order valence-corrected chi connectivity index (χ2v) is 6.05. The Morgan fingerprint density at radius 3 is 2.18 bits per heavy atom. The second-order valence-electron chi connectivity index (χ2n) is 6.05. The Hall–Kier alpha value is -1.39. The maximum atomic E-state index is 12.3. The summed E-state index contributed by atoms with van der Waals surface area (Å²) < 4.78 is 0. The zero-order valence-electron chi connectivity index (χ0n) is 14.6. The second kappa shape index (κ2) is 8.30. The molecule has 1 rings (SSSR count). The number of rotatable bonds is 8. The van der Waals surface area contributed by atoms with Crippen LogP contribution in [0.15, 0.2) is 18.2 Å². The van der Waals surface area contributed by atoms with Crippen LogP contribution in [0.25, 0.3) is 0 Å². The highest BCUT2D eigenvalue weighted by Crippen LogP contribution is 2.20. The lowest BCUT2D eigenvalue weighted by Crippen LogP contribution is -2.45. The summed E-state index contributed by atoms with van der Waals surface area (Å²) in [4.78, 5) is 14.3. The lowest BCUT2D eigenvalue weighted by Gasteiger charge is -2.32. The molecule has 0 saturated carbocycles. The molecule has 0 atom stereocenters. The molecule has 124 valence electrons. The van der Waals surface area contributed by atoms with Gasteiger partial charge in [-0.3, -0.25) is 9.69 Å². The van der Waals surface area contributed by atoms with Gasteiger partial charge in [-0.25, -0.2) is 0 Å². The van der Waals surface area contributed by atoms with Crippen molar-refractivity contribution in [2.75, 3.05) is 25.0 Å². The highest BCUT2D eigenvalue weighted by Gasteiger charge is 2.26. The van der Waals surface area contributed by atoms with Gasteiger partial charge in [-0.2, -0.15) is 0 Å². The summed E-state index contributed by atoms with van der Waals surface area (Å²) in [6, 6.07) is 5.97. The number of aryl methyl sites for hydroxylation is 2. The molecule has 0 unspecified atom stereocenters. The maximum Gasteiger partial charge on any atom is 0.238 e. The van der Waals surface area contributed by atoms with Crippen LogP contribution >= 0.6 is 0 Å². The molecular weight excluding hydrogens is 276 g/mol. The van der Waals surface area contributed by atoms with Crippen LogP contribution in [0.5, 0.6) is 0 Å². The van der Waals surface area contributed by atoms with Crippen LogP contribution in [-0.4, -0.2) is 41.1 Å². The van der Waals surface area contributed by atoms with E-state index in [0.717, 1.165) is 23.4 Å². The van der Waals surface area contributed by atoms with Crippen LogP contribution < -0.4 is 5.32 Å². The Balaban J connectivity index is 2.70. The topological polar surface area (TPSA) is 52.6 Å². The fourth-order valence-electron chi connectivity index (χ4n) is 2.56. The molecule has 0 heterocycles. The zero-order chi connectivity index (χ0) is 16.8. The smallest absolute Gasteiger partial charge is 0.238 e. The number of amides is 1. The first kappa shape index (κ1) is 18.7. The van der Waals surface area contributed by atoms with Gasteiger partial charge < -0.3 is 10.4 Å². The normalized spacial score (nSPS) is 11.8. The van der Waals surface area contributed by atoms with Gasteiger partial charge in [0, 0.05) is 12.2 Å². The van der Waals surface area contributed by atoms with E-state index < -0.39 is 5.60 Å². The Morgan fingerprint density at radius 2 is 1.73 bits per heavy atom. The van der Waals surface area contributed by atoms with E-state index in [-0.39, 0.29) is 5.91 Å². The minimum absolute atomic E-state index is 0.0335. The van der Waals surface area contributed by atoms with Gasteiger partial charge in [0.1, 0.15) is 0 Å². The fourth-order valence-corrected chi connectivity index (χ4v) is 2.56. The summed E-state index contributed by atoms with van der Waals surface area (Å²) in [5.41, 5.74) is 2.31. The molecule has 1 amide bonds. The number of hydrogen-bond donors (Lipinski definition) is 2. The van der Waals surface area contributed by atoms with Crippen LogP contribution in [0, 0.1) is 13.8 Å². The molecule has 0 aliphatic carbocycles. The molecule has 2 N–H and O–H groups in total. The standard InChI is InChI=1S/C18H30N2O2/c1-6-18(22,7-2)13-20(8-3)12-16(21)19-17-14(4)10-9-11-15(17)5/h9-11,22H,6-8,12-13H2,1-5H3,(H,19,21). The molecular formula is C18H30N2O2. The number of carbonyl (C=O) groups excluding carboxylic acids is 1. The number of hydrogen-bond acceptors (Lipinski definition) is 3. The van der Waals surface area contributed by atoms with Crippen molar-refractivity contribution in [2.45, 2.75) is 53.1 Å². The molecule has 1 aromatic carbocycles. The highest BCUT2D eigenvalue weighted by molar-refractivity contribution is 5.93. The number of nitrogens with one attached hydrogen (secondary N) is 1. The first-order valence-electron chi connectivity index (χ1n) is 8.16. The monoisotopic (exact) mass is 306 g/mol. The average Bonchev–Trinajstić information content (AvgIpc) is 2.50. The minimum Gasteiger partial charge on any atom is -0.389 e.